The summed E-state index contributed by atoms with van der Waals surface area (Å²) in [5.74, 6) is -0.130. The van der Waals surface area contributed by atoms with Gasteiger partial charge in [0, 0.05) is 10.9 Å². The minimum absolute atomic E-state index is 0.0604. The van der Waals surface area contributed by atoms with Crippen LogP contribution in [0.5, 0.6) is 11.5 Å². The van der Waals surface area contributed by atoms with E-state index in [-0.39, 0.29) is 22.7 Å². The summed E-state index contributed by atoms with van der Waals surface area (Å²) in [6.45, 7) is 0. The number of hydrogen-bond donors (Lipinski definition) is 0. The van der Waals surface area contributed by atoms with E-state index in [2.05, 4.69) is 0 Å². The lowest BCUT2D eigenvalue weighted by atomic mass is 10.0. The van der Waals surface area contributed by atoms with Crippen molar-refractivity contribution in [2.45, 2.75) is 0 Å². The number of ether oxygens (including phenoxy) is 2. The second-order valence-electron chi connectivity index (χ2n) is 5.81. The Morgan fingerprint density at radius 3 is 2.50 bits per heavy atom. The number of benzene rings is 3. The van der Waals surface area contributed by atoms with Gasteiger partial charge in [-0.15, -0.1) is 0 Å². The van der Waals surface area contributed by atoms with Gasteiger partial charge in [-0.1, -0.05) is 30.3 Å². The molecular formula is C21H15FO4. The lowest BCUT2D eigenvalue weighted by Crippen LogP contribution is -2.07. The third kappa shape index (κ3) is 2.40. The van der Waals surface area contributed by atoms with E-state index in [4.69, 9.17) is 13.9 Å². The van der Waals surface area contributed by atoms with Gasteiger partial charge in [-0.25, -0.2) is 4.39 Å². The first-order chi connectivity index (χ1) is 12.6. The molecule has 4 nitrogen and oxygen atoms in total. The van der Waals surface area contributed by atoms with Crippen LogP contribution >= 0.6 is 0 Å². The largest absolute Gasteiger partial charge is 0.494 e. The van der Waals surface area contributed by atoms with Crippen molar-refractivity contribution in [3.8, 4) is 22.8 Å². The molecule has 4 rings (SSSR count). The topological polar surface area (TPSA) is 48.7 Å². The highest BCUT2D eigenvalue weighted by atomic mass is 19.1. The zero-order chi connectivity index (χ0) is 18.3. The average Bonchev–Trinajstić information content (AvgIpc) is 2.68. The van der Waals surface area contributed by atoms with Gasteiger partial charge in [0.15, 0.2) is 17.3 Å². The first kappa shape index (κ1) is 16.1. The molecule has 3 aromatic carbocycles. The van der Waals surface area contributed by atoms with Gasteiger partial charge in [-0.05, 0) is 29.7 Å². The van der Waals surface area contributed by atoms with Gasteiger partial charge in [0.25, 0.3) is 0 Å². The maximum Gasteiger partial charge on any atom is 0.235 e. The molecule has 5 heteroatoms. The van der Waals surface area contributed by atoms with Crippen LogP contribution in [-0.2, 0) is 0 Å². The monoisotopic (exact) mass is 350 g/mol. The fraction of sp³-hybridized carbons (Fsp3) is 0.0952. The van der Waals surface area contributed by atoms with Crippen molar-refractivity contribution < 1.29 is 18.3 Å². The molecule has 26 heavy (non-hydrogen) atoms. The molecule has 1 aromatic heterocycles. The quantitative estimate of drug-likeness (QED) is 0.500. The van der Waals surface area contributed by atoms with E-state index in [9.17, 15) is 9.18 Å². The Bertz CT molecular complexity index is 1190. The predicted molar refractivity (Wildman–Crippen MR) is 98.5 cm³/mol. The van der Waals surface area contributed by atoms with Gasteiger partial charge in [0.1, 0.15) is 5.58 Å². The Labute approximate surface area is 148 Å². The molecule has 0 saturated carbocycles. The SMILES string of the molecule is COc1cc(-c2oc3c(ccc4ccccc43)c(=O)c2OC)ccc1F. The van der Waals surface area contributed by atoms with Gasteiger partial charge in [-0.3, -0.25) is 4.79 Å². The molecule has 4 aromatic rings. The number of methoxy groups -OCH3 is 2. The summed E-state index contributed by atoms with van der Waals surface area (Å²) in [5.41, 5.74) is 0.678. The molecule has 0 unspecified atom stereocenters. The Morgan fingerprint density at radius 1 is 0.923 bits per heavy atom. The van der Waals surface area contributed by atoms with Gasteiger partial charge < -0.3 is 13.9 Å². The van der Waals surface area contributed by atoms with Gasteiger partial charge in [-0.2, -0.15) is 0 Å². The summed E-state index contributed by atoms with van der Waals surface area (Å²) in [4.78, 5) is 12.9. The second kappa shape index (κ2) is 6.19. The van der Waals surface area contributed by atoms with E-state index < -0.39 is 5.82 Å². The average molecular weight is 350 g/mol. The Hall–Kier alpha value is -3.34. The van der Waals surface area contributed by atoms with Crippen molar-refractivity contribution in [3.05, 3.63) is 70.6 Å². The van der Waals surface area contributed by atoms with Crippen LogP contribution in [0.25, 0.3) is 33.1 Å². The number of halogens is 1. The van der Waals surface area contributed by atoms with Gasteiger partial charge in [0.05, 0.1) is 19.6 Å². The zero-order valence-corrected chi connectivity index (χ0v) is 14.2. The van der Waals surface area contributed by atoms with Crippen LogP contribution < -0.4 is 14.9 Å². The van der Waals surface area contributed by atoms with Crippen molar-refractivity contribution in [3.63, 3.8) is 0 Å². The molecule has 0 atom stereocenters. The molecule has 0 spiro atoms. The zero-order valence-electron chi connectivity index (χ0n) is 14.2. The summed E-state index contributed by atoms with van der Waals surface area (Å²) >= 11 is 0. The minimum Gasteiger partial charge on any atom is -0.494 e. The molecule has 0 saturated heterocycles. The van der Waals surface area contributed by atoms with Crippen LogP contribution in [-0.4, -0.2) is 14.2 Å². The number of rotatable bonds is 3. The lowest BCUT2D eigenvalue weighted by molar-refractivity contribution is 0.385. The van der Waals surface area contributed by atoms with Crippen LogP contribution in [0.4, 0.5) is 4.39 Å². The van der Waals surface area contributed by atoms with Crippen molar-refractivity contribution in [1.82, 2.24) is 0 Å². The molecular weight excluding hydrogens is 335 g/mol. The van der Waals surface area contributed by atoms with Crippen molar-refractivity contribution in [2.75, 3.05) is 14.2 Å². The summed E-state index contributed by atoms with van der Waals surface area (Å²) < 4.78 is 30.2. The van der Waals surface area contributed by atoms with Crippen LogP contribution in [0.3, 0.4) is 0 Å². The summed E-state index contributed by atoms with van der Waals surface area (Å²) in [6, 6.07) is 15.5. The highest BCUT2D eigenvalue weighted by Crippen LogP contribution is 2.35. The molecule has 0 fully saturated rings. The van der Waals surface area contributed by atoms with Crippen LogP contribution in [0.15, 0.2) is 63.8 Å². The van der Waals surface area contributed by atoms with Crippen molar-refractivity contribution in [2.24, 2.45) is 0 Å². The fourth-order valence-corrected chi connectivity index (χ4v) is 3.08. The molecule has 0 radical (unpaired) electrons. The molecule has 0 aliphatic heterocycles. The number of fused-ring (bicyclic) bond motifs is 3. The highest BCUT2D eigenvalue weighted by molar-refractivity contribution is 6.04. The molecule has 0 amide bonds. The predicted octanol–water partition coefficient (Wildman–Crippen LogP) is 4.77. The molecule has 130 valence electrons. The van der Waals surface area contributed by atoms with Gasteiger partial charge in [0.2, 0.25) is 11.2 Å². The van der Waals surface area contributed by atoms with E-state index >= 15 is 0 Å². The Morgan fingerprint density at radius 2 is 1.73 bits per heavy atom. The maximum atomic E-state index is 13.8. The molecule has 0 bridgehead atoms. The lowest BCUT2D eigenvalue weighted by Gasteiger charge is -2.11. The Balaban J connectivity index is 2.11. The summed E-state index contributed by atoms with van der Waals surface area (Å²) in [7, 11) is 2.78. The van der Waals surface area contributed by atoms with E-state index in [0.717, 1.165) is 10.8 Å². The summed E-state index contributed by atoms with van der Waals surface area (Å²) in [5, 5.41) is 2.20. The fourth-order valence-electron chi connectivity index (χ4n) is 3.08. The first-order valence-electron chi connectivity index (χ1n) is 8.00. The van der Waals surface area contributed by atoms with E-state index in [0.29, 0.717) is 16.5 Å². The Kier molecular flexibility index (Phi) is 3.84. The van der Waals surface area contributed by atoms with Crippen molar-refractivity contribution in [1.29, 1.82) is 0 Å². The minimum atomic E-state index is -0.496. The first-order valence-corrected chi connectivity index (χ1v) is 8.00. The molecule has 0 aliphatic carbocycles. The smallest absolute Gasteiger partial charge is 0.235 e. The normalized spacial score (nSPS) is 11.0. The third-order valence-corrected chi connectivity index (χ3v) is 4.36. The molecule has 1 heterocycles. The van der Waals surface area contributed by atoms with Crippen molar-refractivity contribution >= 4 is 21.7 Å². The van der Waals surface area contributed by atoms with Gasteiger partial charge >= 0.3 is 0 Å². The van der Waals surface area contributed by atoms with Crippen LogP contribution in [0, 0.1) is 5.82 Å². The second-order valence-corrected chi connectivity index (χ2v) is 5.81. The van der Waals surface area contributed by atoms with E-state index in [1.807, 2.05) is 30.3 Å². The molecule has 0 N–H and O–H groups in total. The van der Waals surface area contributed by atoms with Crippen LogP contribution in [0.1, 0.15) is 0 Å². The third-order valence-electron chi connectivity index (χ3n) is 4.36. The highest BCUT2D eigenvalue weighted by Gasteiger charge is 2.19. The van der Waals surface area contributed by atoms with Crippen LogP contribution in [0.2, 0.25) is 0 Å². The van der Waals surface area contributed by atoms with E-state index in [1.54, 1.807) is 6.07 Å². The summed E-state index contributed by atoms with van der Waals surface area (Å²) in [6.07, 6.45) is 0. The standard InChI is InChI=1S/C21H15FO4/c1-24-17-11-13(8-10-16(17)22)19-21(25-2)18(23)15-9-7-12-5-3-4-6-14(12)20(15)26-19/h3-11H,1-2H3. The maximum absolute atomic E-state index is 13.8. The number of hydrogen-bond acceptors (Lipinski definition) is 4. The van der Waals surface area contributed by atoms with E-state index in [1.165, 1.54) is 32.4 Å². The molecule has 0 aliphatic rings.